The van der Waals surface area contributed by atoms with Crippen LogP contribution >= 0.6 is 22.6 Å². The number of ketones is 1. The molecule has 0 fully saturated rings. The van der Waals surface area contributed by atoms with Gasteiger partial charge in [0.1, 0.15) is 9.39 Å². The summed E-state index contributed by atoms with van der Waals surface area (Å²) in [5.41, 5.74) is 7.43. The molecule has 1 aromatic heterocycles. The topological polar surface area (TPSA) is 56.0 Å². The number of carbonyl (C=O) groups is 1. The van der Waals surface area contributed by atoms with Gasteiger partial charge in [0, 0.05) is 6.92 Å². The predicted molar refractivity (Wildman–Crippen MR) is 56.1 cm³/mol. The molecule has 0 aliphatic rings. The fourth-order valence-corrected chi connectivity index (χ4v) is 1.29. The number of aromatic nitrogens is 1. The third kappa shape index (κ3) is 1.74. The Labute approximate surface area is 84.5 Å². The number of rotatable bonds is 1. The number of nitrogen functional groups attached to an aromatic ring is 1. The minimum atomic E-state index is -0.0922. The summed E-state index contributed by atoms with van der Waals surface area (Å²) in [5, 5.41) is 0. The second-order valence-electron chi connectivity index (χ2n) is 2.59. The molecule has 0 saturated heterocycles. The van der Waals surface area contributed by atoms with E-state index in [1.807, 2.05) is 6.92 Å². The quantitative estimate of drug-likeness (QED) is 0.483. The van der Waals surface area contributed by atoms with E-state index in [1.165, 1.54) is 6.92 Å². The first-order chi connectivity index (χ1) is 5.52. The van der Waals surface area contributed by atoms with Crippen molar-refractivity contribution in [2.45, 2.75) is 13.8 Å². The van der Waals surface area contributed by atoms with Crippen LogP contribution < -0.4 is 5.73 Å². The van der Waals surface area contributed by atoms with Crippen LogP contribution in [0.1, 0.15) is 23.0 Å². The largest absolute Gasteiger partial charge is 0.397 e. The fourth-order valence-electron chi connectivity index (χ4n) is 0.894. The number of nitrogens with zero attached hydrogens (tertiary/aromatic N) is 1. The molecule has 0 saturated carbocycles. The maximum absolute atomic E-state index is 11.0. The Balaban J connectivity index is 3.33. The number of hydrogen-bond donors (Lipinski definition) is 1. The number of nitrogens with two attached hydrogens (primary N) is 1. The third-order valence-corrected chi connectivity index (χ3v) is 2.61. The van der Waals surface area contributed by atoms with Crippen molar-refractivity contribution in [1.29, 1.82) is 0 Å². The lowest BCUT2D eigenvalue weighted by atomic mass is 10.2. The molecule has 0 aliphatic carbocycles. The van der Waals surface area contributed by atoms with Crippen molar-refractivity contribution < 1.29 is 4.79 Å². The number of halogens is 1. The highest BCUT2D eigenvalue weighted by atomic mass is 127. The van der Waals surface area contributed by atoms with Gasteiger partial charge in [-0.3, -0.25) is 4.79 Å². The first kappa shape index (κ1) is 9.44. The molecule has 4 heteroatoms. The zero-order valence-electron chi connectivity index (χ0n) is 6.89. The lowest BCUT2D eigenvalue weighted by molar-refractivity contribution is 0.101. The Morgan fingerprint density at radius 3 is 2.75 bits per heavy atom. The summed E-state index contributed by atoms with van der Waals surface area (Å²) in [4.78, 5) is 15.1. The van der Waals surface area contributed by atoms with E-state index in [-0.39, 0.29) is 5.78 Å². The summed E-state index contributed by atoms with van der Waals surface area (Å²) in [7, 11) is 0. The summed E-state index contributed by atoms with van der Waals surface area (Å²) >= 11 is 2.08. The van der Waals surface area contributed by atoms with Gasteiger partial charge in [-0.25, -0.2) is 4.98 Å². The number of hydrogen-bond acceptors (Lipinski definition) is 3. The summed E-state index contributed by atoms with van der Waals surface area (Å²) < 4.78 is 0.826. The Morgan fingerprint density at radius 1 is 1.67 bits per heavy atom. The van der Waals surface area contributed by atoms with E-state index in [2.05, 4.69) is 27.6 Å². The van der Waals surface area contributed by atoms with Gasteiger partial charge < -0.3 is 5.73 Å². The highest BCUT2D eigenvalue weighted by molar-refractivity contribution is 14.1. The van der Waals surface area contributed by atoms with E-state index in [4.69, 9.17) is 5.73 Å². The average Bonchev–Trinajstić information content (AvgIpc) is 1.96. The molecule has 64 valence electrons. The van der Waals surface area contributed by atoms with Crippen molar-refractivity contribution >= 4 is 34.1 Å². The lowest BCUT2D eigenvalue weighted by Gasteiger charge is -2.03. The number of pyridine rings is 1. The molecule has 0 spiro atoms. The molecule has 0 aliphatic heterocycles. The molecule has 1 heterocycles. The molecule has 0 bridgehead atoms. The SMILES string of the molecule is CC(=O)c1nc(I)c(C)cc1N. The molecule has 3 nitrogen and oxygen atoms in total. The molecule has 0 atom stereocenters. The Kier molecular flexibility index (Phi) is 2.66. The van der Waals surface area contributed by atoms with Crippen molar-refractivity contribution in [1.82, 2.24) is 4.98 Å². The molecule has 0 unspecified atom stereocenters. The number of aryl methyl sites for hydroxylation is 1. The van der Waals surface area contributed by atoms with Crippen molar-refractivity contribution in [3.8, 4) is 0 Å². The van der Waals surface area contributed by atoms with Crippen LogP contribution in [-0.4, -0.2) is 10.8 Å². The van der Waals surface area contributed by atoms with Gasteiger partial charge in [-0.2, -0.15) is 0 Å². The van der Waals surface area contributed by atoms with Gasteiger partial charge in [0.2, 0.25) is 0 Å². The van der Waals surface area contributed by atoms with Crippen LogP contribution in [-0.2, 0) is 0 Å². The number of anilines is 1. The van der Waals surface area contributed by atoms with Crippen LogP contribution in [0.25, 0.3) is 0 Å². The van der Waals surface area contributed by atoms with Gasteiger partial charge in [0.25, 0.3) is 0 Å². The molecule has 0 amide bonds. The van der Waals surface area contributed by atoms with Gasteiger partial charge >= 0.3 is 0 Å². The van der Waals surface area contributed by atoms with Crippen molar-refractivity contribution in [2.24, 2.45) is 0 Å². The molecule has 2 N–H and O–H groups in total. The van der Waals surface area contributed by atoms with Crippen LogP contribution in [0.3, 0.4) is 0 Å². The molecule has 1 aromatic rings. The Hall–Kier alpha value is -0.650. The van der Waals surface area contributed by atoms with Crippen LogP contribution in [0.15, 0.2) is 6.07 Å². The van der Waals surface area contributed by atoms with Gasteiger partial charge in [0.05, 0.1) is 5.69 Å². The van der Waals surface area contributed by atoms with E-state index in [1.54, 1.807) is 6.07 Å². The summed E-state index contributed by atoms with van der Waals surface area (Å²) in [6.45, 7) is 3.37. The van der Waals surface area contributed by atoms with E-state index in [0.717, 1.165) is 9.26 Å². The highest BCUT2D eigenvalue weighted by Crippen LogP contribution is 2.16. The lowest BCUT2D eigenvalue weighted by Crippen LogP contribution is -2.05. The van der Waals surface area contributed by atoms with Crippen LogP contribution in [0.4, 0.5) is 5.69 Å². The third-order valence-electron chi connectivity index (χ3n) is 1.51. The maximum atomic E-state index is 11.0. The molecule has 1 rings (SSSR count). The van der Waals surface area contributed by atoms with Gasteiger partial charge in [0.15, 0.2) is 5.78 Å². The van der Waals surface area contributed by atoms with E-state index in [9.17, 15) is 4.79 Å². The van der Waals surface area contributed by atoms with Crippen molar-refractivity contribution in [3.63, 3.8) is 0 Å². The Morgan fingerprint density at radius 2 is 2.25 bits per heavy atom. The van der Waals surface area contributed by atoms with E-state index < -0.39 is 0 Å². The molecule has 12 heavy (non-hydrogen) atoms. The van der Waals surface area contributed by atoms with Crippen LogP contribution in [0, 0.1) is 10.6 Å². The van der Waals surface area contributed by atoms with Gasteiger partial charge in [-0.15, -0.1) is 0 Å². The van der Waals surface area contributed by atoms with E-state index >= 15 is 0 Å². The normalized spacial score (nSPS) is 9.92. The van der Waals surface area contributed by atoms with Gasteiger partial charge in [-0.05, 0) is 41.1 Å². The molecule has 0 aromatic carbocycles. The zero-order chi connectivity index (χ0) is 9.30. The minimum absolute atomic E-state index is 0.0922. The number of Topliss-reactive ketones (excluding diaryl/α,β-unsaturated/α-hetero) is 1. The summed E-state index contributed by atoms with van der Waals surface area (Å²) in [5.74, 6) is -0.0922. The maximum Gasteiger partial charge on any atom is 0.180 e. The zero-order valence-corrected chi connectivity index (χ0v) is 9.05. The van der Waals surface area contributed by atoms with Gasteiger partial charge in [-0.1, -0.05) is 0 Å². The number of carbonyl (C=O) groups excluding carboxylic acids is 1. The second-order valence-corrected chi connectivity index (χ2v) is 3.61. The molecular weight excluding hydrogens is 267 g/mol. The second kappa shape index (κ2) is 3.38. The Bertz CT molecular complexity index is 336. The van der Waals surface area contributed by atoms with Crippen LogP contribution in [0.2, 0.25) is 0 Å². The molecular formula is C8H9IN2O. The highest BCUT2D eigenvalue weighted by Gasteiger charge is 2.08. The summed E-state index contributed by atoms with van der Waals surface area (Å²) in [6, 6.07) is 1.77. The predicted octanol–water partition coefficient (Wildman–Crippen LogP) is 1.78. The minimum Gasteiger partial charge on any atom is -0.397 e. The van der Waals surface area contributed by atoms with E-state index in [0.29, 0.717) is 11.4 Å². The summed E-state index contributed by atoms with van der Waals surface area (Å²) in [6.07, 6.45) is 0. The first-order valence-corrected chi connectivity index (χ1v) is 4.54. The average molecular weight is 276 g/mol. The molecule has 0 radical (unpaired) electrons. The van der Waals surface area contributed by atoms with Crippen molar-refractivity contribution in [3.05, 3.63) is 21.0 Å². The first-order valence-electron chi connectivity index (χ1n) is 3.46. The van der Waals surface area contributed by atoms with Crippen molar-refractivity contribution in [2.75, 3.05) is 5.73 Å². The monoisotopic (exact) mass is 276 g/mol. The standard InChI is InChI=1S/C8H9IN2O/c1-4-3-6(10)7(5(2)12)11-8(4)9/h3H,10H2,1-2H3. The smallest absolute Gasteiger partial charge is 0.180 e. The fraction of sp³-hybridized carbons (Fsp3) is 0.250. The van der Waals surface area contributed by atoms with Crippen LogP contribution in [0.5, 0.6) is 0 Å².